The Hall–Kier alpha value is -0.870. The molecule has 1 aliphatic rings. The fraction of sp³-hybridized carbons (Fsp3) is 0.692. The van der Waals surface area contributed by atoms with E-state index in [1.165, 1.54) is 6.33 Å². The lowest BCUT2D eigenvalue weighted by molar-refractivity contribution is 0.0637. The average molecular weight is 270 g/mol. The van der Waals surface area contributed by atoms with Crippen LogP contribution in [0.1, 0.15) is 39.2 Å². The van der Waals surface area contributed by atoms with Gasteiger partial charge in [0.1, 0.15) is 17.3 Å². The molecule has 4 nitrogen and oxygen atoms in total. The first kappa shape index (κ1) is 13.6. The van der Waals surface area contributed by atoms with Crippen LogP contribution in [-0.4, -0.2) is 35.3 Å². The normalized spacial score (nSPS) is 19.3. The van der Waals surface area contributed by atoms with E-state index in [-0.39, 0.29) is 5.54 Å². The van der Waals surface area contributed by atoms with E-state index < -0.39 is 0 Å². The van der Waals surface area contributed by atoms with Gasteiger partial charge in [0.15, 0.2) is 0 Å². The third kappa shape index (κ3) is 2.45. The molecule has 0 amide bonds. The number of morpholine rings is 1. The fourth-order valence-electron chi connectivity index (χ4n) is 2.33. The molecule has 0 N–H and O–H groups in total. The molecule has 0 spiro atoms. The largest absolute Gasteiger partial charge is 0.377 e. The van der Waals surface area contributed by atoms with Gasteiger partial charge in [-0.2, -0.15) is 0 Å². The van der Waals surface area contributed by atoms with E-state index >= 15 is 0 Å². The van der Waals surface area contributed by atoms with Gasteiger partial charge in [-0.3, -0.25) is 0 Å². The van der Waals surface area contributed by atoms with Crippen LogP contribution in [0.25, 0.3) is 0 Å². The van der Waals surface area contributed by atoms with Crippen molar-refractivity contribution in [3.05, 3.63) is 17.0 Å². The van der Waals surface area contributed by atoms with Crippen molar-refractivity contribution in [1.82, 2.24) is 9.97 Å². The predicted octanol–water partition coefficient (Wildman–Crippen LogP) is 2.87. The van der Waals surface area contributed by atoms with Crippen molar-refractivity contribution < 1.29 is 4.74 Å². The molecule has 2 heterocycles. The summed E-state index contributed by atoms with van der Waals surface area (Å²) in [5, 5.41) is 0.553. The van der Waals surface area contributed by atoms with E-state index in [0.717, 1.165) is 24.5 Å². The first-order valence-electron chi connectivity index (χ1n) is 6.29. The summed E-state index contributed by atoms with van der Waals surface area (Å²) >= 11 is 6.23. The van der Waals surface area contributed by atoms with Crippen molar-refractivity contribution in [3.8, 4) is 0 Å². The van der Waals surface area contributed by atoms with Gasteiger partial charge in [0, 0.05) is 12.1 Å². The Labute approximate surface area is 113 Å². The molecule has 0 unspecified atom stereocenters. The predicted molar refractivity (Wildman–Crippen MR) is 73.4 cm³/mol. The lowest BCUT2D eigenvalue weighted by Crippen LogP contribution is -2.54. The van der Waals surface area contributed by atoms with Crippen LogP contribution in [0.2, 0.25) is 5.15 Å². The Balaban J connectivity index is 2.47. The fourth-order valence-corrected chi connectivity index (χ4v) is 2.67. The second-order valence-corrected chi connectivity index (χ2v) is 5.93. The summed E-state index contributed by atoms with van der Waals surface area (Å²) in [4.78, 5) is 10.8. The van der Waals surface area contributed by atoms with Gasteiger partial charge in [0.05, 0.1) is 18.8 Å². The average Bonchev–Trinajstić information content (AvgIpc) is 2.27. The van der Waals surface area contributed by atoms with Crippen molar-refractivity contribution in [2.75, 3.05) is 24.7 Å². The summed E-state index contributed by atoms with van der Waals surface area (Å²) in [6.45, 7) is 10.8. The molecule has 0 aromatic carbocycles. The van der Waals surface area contributed by atoms with Crippen LogP contribution in [0.5, 0.6) is 0 Å². The standard InChI is InChI=1S/C13H20ClN3O/c1-9(2)10-11(14)15-8-16-12(10)17-5-6-18-7-13(17,3)4/h8-9H,5-7H2,1-4H3. The van der Waals surface area contributed by atoms with E-state index in [0.29, 0.717) is 17.7 Å². The number of halogens is 1. The molecule has 0 saturated carbocycles. The van der Waals surface area contributed by atoms with E-state index in [2.05, 4.69) is 42.6 Å². The minimum atomic E-state index is -0.0699. The number of hydrogen-bond acceptors (Lipinski definition) is 4. The summed E-state index contributed by atoms with van der Waals surface area (Å²) in [6, 6.07) is 0. The summed E-state index contributed by atoms with van der Waals surface area (Å²) in [5.74, 6) is 1.24. The van der Waals surface area contributed by atoms with Crippen LogP contribution in [0.4, 0.5) is 5.82 Å². The summed E-state index contributed by atoms with van der Waals surface area (Å²) in [5.41, 5.74) is 0.952. The van der Waals surface area contributed by atoms with Crippen LogP contribution in [-0.2, 0) is 4.74 Å². The molecule has 0 atom stereocenters. The molecule has 0 aliphatic carbocycles. The van der Waals surface area contributed by atoms with E-state index in [4.69, 9.17) is 16.3 Å². The Kier molecular flexibility index (Phi) is 3.78. The zero-order valence-electron chi connectivity index (χ0n) is 11.4. The molecule has 1 aliphatic heterocycles. The van der Waals surface area contributed by atoms with Gasteiger partial charge in [-0.1, -0.05) is 25.4 Å². The number of anilines is 1. The van der Waals surface area contributed by atoms with E-state index in [1.807, 2.05) is 0 Å². The van der Waals surface area contributed by atoms with Gasteiger partial charge < -0.3 is 9.64 Å². The maximum absolute atomic E-state index is 6.23. The number of ether oxygens (including phenoxy) is 1. The maximum atomic E-state index is 6.23. The summed E-state index contributed by atoms with van der Waals surface area (Å²) in [6.07, 6.45) is 1.54. The SMILES string of the molecule is CC(C)c1c(Cl)ncnc1N1CCOCC1(C)C. The maximum Gasteiger partial charge on any atom is 0.138 e. The van der Waals surface area contributed by atoms with E-state index in [9.17, 15) is 0 Å². The summed E-state index contributed by atoms with van der Waals surface area (Å²) < 4.78 is 5.55. The van der Waals surface area contributed by atoms with Gasteiger partial charge in [0.25, 0.3) is 0 Å². The lowest BCUT2D eigenvalue weighted by Gasteiger charge is -2.43. The zero-order valence-corrected chi connectivity index (χ0v) is 12.2. The van der Waals surface area contributed by atoms with Gasteiger partial charge in [0.2, 0.25) is 0 Å². The molecule has 1 fully saturated rings. The topological polar surface area (TPSA) is 38.2 Å². The van der Waals surface area contributed by atoms with E-state index in [1.54, 1.807) is 0 Å². The van der Waals surface area contributed by atoms with Crippen molar-refractivity contribution >= 4 is 17.4 Å². The Morgan fingerprint density at radius 2 is 2.11 bits per heavy atom. The first-order chi connectivity index (χ1) is 8.43. The van der Waals surface area contributed by atoms with Gasteiger partial charge in [-0.05, 0) is 19.8 Å². The monoisotopic (exact) mass is 269 g/mol. The molecule has 18 heavy (non-hydrogen) atoms. The second kappa shape index (κ2) is 5.02. The van der Waals surface area contributed by atoms with Gasteiger partial charge in [-0.25, -0.2) is 9.97 Å². The highest BCUT2D eigenvalue weighted by molar-refractivity contribution is 6.30. The molecule has 0 radical (unpaired) electrons. The van der Waals surface area contributed by atoms with Crippen LogP contribution < -0.4 is 4.90 Å². The molecule has 2 rings (SSSR count). The molecular weight excluding hydrogens is 250 g/mol. The van der Waals surface area contributed by atoms with Crippen molar-refractivity contribution in [2.24, 2.45) is 0 Å². The summed E-state index contributed by atoms with van der Waals surface area (Å²) in [7, 11) is 0. The molecule has 1 aromatic heterocycles. The molecule has 100 valence electrons. The van der Waals surface area contributed by atoms with Crippen molar-refractivity contribution in [3.63, 3.8) is 0 Å². The number of aromatic nitrogens is 2. The number of hydrogen-bond donors (Lipinski definition) is 0. The smallest absolute Gasteiger partial charge is 0.138 e. The molecule has 1 aromatic rings. The number of nitrogens with zero attached hydrogens (tertiary/aromatic N) is 3. The Morgan fingerprint density at radius 1 is 1.39 bits per heavy atom. The highest BCUT2D eigenvalue weighted by Gasteiger charge is 2.33. The molecular formula is C13H20ClN3O. The number of rotatable bonds is 2. The Morgan fingerprint density at radius 3 is 2.72 bits per heavy atom. The zero-order chi connectivity index (χ0) is 13.3. The first-order valence-corrected chi connectivity index (χ1v) is 6.67. The Bertz CT molecular complexity index is 434. The van der Waals surface area contributed by atoms with Gasteiger partial charge in [-0.15, -0.1) is 0 Å². The van der Waals surface area contributed by atoms with Crippen molar-refractivity contribution in [1.29, 1.82) is 0 Å². The second-order valence-electron chi connectivity index (χ2n) is 5.57. The van der Waals surface area contributed by atoms with Crippen LogP contribution in [0, 0.1) is 0 Å². The third-order valence-electron chi connectivity index (χ3n) is 3.29. The van der Waals surface area contributed by atoms with Crippen molar-refractivity contribution in [2.45, 2.75) is 39.2 Å². The molecule has 0 bridgehead atoms. The third-order valence-corrected chi connectivity index (χ3v) is 3.59. The van der Waals surface area contributed by atoms with Gasteiger partial charge >= 0.3 is 0 Å². The highest BCUT2D eigenvalue weighted by Crippen LogP contribution is 2.34. The minimum absolute atomic E-state index is 0.0699. The lowest BCUT2D eigenvalue weighted by atomic mass is 9.99. The van der Waals surface area contributed by atoms with Crippen LogP contribution in [0.3, 0.4) is 0 Å². The van der Waals surface area contributed by atoms with Crippen LogP contribution >= 0.6 is 11.6 Å². The van der Waals surface area contributed by atoms with Crippen LogP contribution in [0.15, 0.2) is 6.33 Å². The molecule has 5 heteroatoms. The highest BCUT2D eigenvalue weighted by atomic mass is 35.5. The minimum Gasteiger partial charge on any atom is -0.377 e. The molecule has 1 saturated heterocycles. The quantitative estimate of drug-likeness (QED) is 0.774.